The molecule has 0 aliphatic heterocycles. The molecule has 6 nitrogen and oxygen atoms in total. The van der Waals surface area contributed by atoms with Crippen LogP contribution >= 0.6 is 23.1 Å². The highest BCUT2D eigenvalue weighted by Crippen LogP contribution is 2.28. The highest BCUT2D eigenvalue weighted by molar-refractivity contribution is 7.99. The topological polar surface area (TPSA) is 76.9 Å². The van der Waals surface area contributed by atoms with Crippen LogP contribution in [-0.4, -0.2) is 41.7 Å². The van der Waals surface area contributed by atoms with Crippen molar-refractivity contribution in [3.05, 3.63) is 53.4 Å². The Hall–Kier alpha value is -1.68. The monoisotopic (exact) mass is 408 g/mol. The number of hydrogen-bond acceptors (Lipinski definition) is 6. The maximum absolute atomic E-state index is 11.5. The van der Waals surface area contributed by atoms with Gasteiger partial charge >= 0.3 is 0 Å². The molecule has 0 amide bonds. The summed E-state index contributed by atoms with van der Waals surface area (Å²) in [5, 5.41) is 11.5. The first kappa shape index (κ1) is 19.1. The second kappa shape index (κ2) is 8.81. The summed E-state index contributed by atoms with van der Waals surface area (Å²) in [6.45, 7) is 0.679. The first-order valence-electron chi connectivity index (χ1n) is 8.14. The van der Waals surface area contributed by atoms with E-state index in [4.69, 9.17) is 0 Å². The van der Waals surface area contributed by atoms with Crippen molar-refractivity contribution in [2.24, 2.45) is 0 Å². The maximum Gasteiger partial charge on any atom is 0.211 e. The van der Waals surface area contributed by atoms with Crippen molar-refractivity contribution in [1.29, 1.82) is 0 Å². The number of nitrogens with one attached hydrogen (secondary N) is 1. The number of thiophene rings is 1. The van der Waals surface area contributed by atoms with Crippen molar-refractivity contribution < 1.29 is 8.42 Å². The molecule has 26 heavy (non-hydrogen) atoms. The van der Waals surface area contributed by atoms with Crippen LogP contribution in [-0.2, 0) is 16.6 Å². The van der Waals surface area contributed by atoms with Crippen molar-refractivity contribution >= 4 is 33.1 Å². The fraction of sp³-hybridized carbons (Fsp3) is 0.294. The van der Waals surface area contributed by atoms with Gasteiger partial charge in [-0.05, 0) is 30.5 Å². The van der Waals surface area contributed by atoms with Crippen LogP contribution in [0, 0.1) is 0 Å². The normalized spacial score (nSPS) is 11.7. The van der Waals surface area contributed by atoms with Crippen molar-refractivity contribution in [2.45, 2.75) is 18.1 Å². The average molecular weight is 409 g/mol. The predicted molar refractivity (Wildman–Crippen MR) is 107 cm³/mol. The van der Waals surface area contributed by atoms with Crippen molar-refractivity contribution in [2.75, 3.05) is 18.6 Å². The third kappa shape index (κ3) is 4.94. The van der Waals surface area contributed by atoms with E-state index in [1.807, 2.05) is 35.7 Å². The van der Waals surface area contributed by atoms with Crippen LogP contribution in [0.5, 0.6) is 0 Å². The molecule has 9 heteroatoms. The molecule has 0 saturated carbocycles. The largest absolute Gasteiger partial charge is 0.297 e. The maximum atomic E-state index is 11.5. The molecule has 3 aromatic rings. The lowest BCUT2D eigenvalue weighted by molar-refractivity contribution is 0.587. The van der Waals surface area contributed by atoms with E-state index < -0.39 is 10.0 Å². The summed E-state index contributed by atoms with van der Waals surface area (Å²) in [4.78, 5) is 1.07. The molecule has 0 atom stereocenters. The average Bonchev–Trinajstić information content (AvgIpc) is 3.30. The Morgan fingerprint density at radius 3 is 2.65 bits per heavy atom. The molecule has 0 spiro atoms. The number of hydrogen-bond donors (Lipinski definition) is 1. The van der Waals surface area contributed by atoms with E-state index in [-0.39, 0.29) is 5.75 Å². The second-order valence-electron chi connectivity index (χ2n) is 5.58. The minimum atomic E-state index is -3.17. The number of thioether (sulfide) groups is 1. The van der Waals surface area contributed by atoms with Crippen molar-refractivity contribution in [1.82, 2.24) is 19.5 Å². The van der Waals surface area contributed by atoms with Gasteiger partial charge in [0.1, 0.15) is 0 Å². The number of benzene rings is 1. The molecule has 2 heterocycles. The Labute approximate surface area is 161 Å². The molecular formula is C17H20N4O2S3. The highest BCUT2D eigenvalue weighted by Gasteiger charge is 2.16. The van der Waals surface area contributed by atoms with E-state index in [2.05, 4.69) is 31.6 Å². The Morgan fingerprint density at radius 2 is 1.96 bits per heavy atom. The Kier molecular flexibility index (Phi) is 6.47. The summed E-state index contributed by atoms with van der Waals surface area (Å²) < 4.78 is 27.5. The Balaban J connectivity index is 1.76. The second-order valence-corrected chi connectivity index (χ2v) is 9.64. The molecular weight excluding hydrogens is 388 g/mol. The molecule has 0 fully saturated rings. The standard InChI is InChI=1S/C17H20N4O2S3/c1-18-26(22,23)12-6-11-25-17-20-19-16(15-9-5-10-24-15)21(17)13-14-7-3-2-4-8-14/h2-5,7-10,18H,6,11-13H2,1H3. The van der Waals surface area contributed by atoms with Crippen LogP contribution in [0.4, 0.5) is 0 Å². The zero-order valence-corrected chi connectivity index (χ0v) is 16.8. The third-order valence-electron chi connectivity index (χ3n) is 3.74. The van der Waals surface area contributed by atoms with E-state index in [9.17, 15) is 8.42 Å². The van der Waals surface area contributed by atoms with Gasteiger partial charge in [-0.15, -0.1) is 21.5 Å². The number of sulfonamides is 1. The summed E-state index contributed by atoms with van der Waals surface area (Å²) in [5.74, 6) is 1.62. The predicted octanol–water partition coefficient (Wildman–Crippen LogP) is 3.09. The number of nitrogens with zero attached hydrogens (tertiary/aromatic N) is 3. The van der Waals surface area contributed by atoms with Gasteiger partial charge in [0.05, 0.1) is 17.2 Å². The number of aromatic nitrogens is 3. The smallest absolute Gasteiger partial charge is 0.211 e. The van der Waals surface area contributed by atoms with Gasteiger partial charge in [0.2, 0.25) is 10.0 Å². The molecule has 0 radical (unpaired) electrons. The van der Waals surface area contributed by atoms with Crippen LogP contribution in [0.15, 0.2) is 53.0 Å². The molecule has 2 aromatic heterocycles. The summed E-state index contributed by atoms with van der Waals surface area (Å²) in [5.41, 5.74) is 1.17. The van der Waals surface area contributed by atoms with Crippen LogP contribution in [0.1, 0.15) is 12.0 Å². The van der Waals surface area contributed by atoms with Gasteiger partial charge < -0.3 is 0 Å². The van der Waals surface area contributed by atoms with Gasteiger partial charge in [0.25, 0.3) is 0 Å². The van der Waals surface area contributed by atoms with Crippen molar-refractivity contribution in [3.8, 4) is 10.7 Å². The van der Waals surface area contributed by atoms with E-state index in [0.29, 0.717) is 18.7 Å². The van der Waals surface area contributed by atoms with Crippen molar-refractivity contribution in [3.63, 3.8) is 0 Å². The lowest BCUT2D eigenvalue weighted by Crippen LogP contribution is -2.22. The number of rotatable bonds is 9. The highest BCUT2D eigenvalue weighted by atomic mass is 32.2. The van der Waals surface area contributed by atoms with Gasteiger partial charge in [-0.1, -0.05) is 48.2 Å². The van der Waals surface area contributed by atoms with E-state index >= 15 is 0 Å². The first-order valence-corrected chi connectivity index (χ1v) is 11.7. The SMILES string of the molecule is CNS(=O)(=O)CCCSc1nnc(-c2cccs2)n1Cc1ccccc1. The summed E-state index contributed by atoms with van der Waals surface area (Å²) in [7, 11) is -1.73. The molecule has 0 unspecified atom stereocenters. The molecule has 0 aliphatic rings. The Morgan fingerprint density at radius 1 is 1.15 bits per heavy atom. The van der Waals surface area contributed by atoms with E-state index in [0.717, 1.165) is 15.9 Å². The van der Waals surface area contributed by atoms with Gasteiger partial charge in [-0.25, -0.2) is 13.1 Å². The molecule has 1 N–H and O–H groups in total. The molecule has 3 rings (SSSR count). The molecule has 138 valence electrons. The van der Waals surface area contributed by atoms with Gasteiger partial charge in [-0.2, -0.15) is 0 Å². The zero-order chi connectivity index (χ0) is 18.4. The van der Waals surface area contributed by atoms with E-state index in [1.165, 1.54) is 24.4 Å². The first-order chi connectivity index (χ1) is 12.6. The fourth-order valence-corrected chi connectivity index (χ4v) is 4.91. The van der Waals surface area contributed by atoms with E-state index in [1.54, 1.807) is 11.3 Å². The molecule has 1 aromatic carbocycles. The molecule has 0 bridgehead atoms. The zero-order valence-electron chi connectivity index (χ0n) is 14.3. The lowest BCUT2D eigenvalue weighted by Gasteiger charge is -2.09. The minimum absolute atomic E-state index is 0.112. The summed E-state index contributed by atoms with van der Waals surface area (Å²) >= 11 is 3.17. The fourth-order valence-electron chi connectivity index (χ4n) is 2.41. The van der Waals surface area contributed by atoms with Crippen LogP contribution in [0.25, 0.3) is 10.7 Å². The Bertz CT molecular complexity index is 922. The quantitative estimate of drug-likeness (QED) is 0.435. The van der Waals surface area contributed by atoms with Gasteiger partial charge in [-0.3, -0.25) is 4.57 Å². The van der Waals surface area contributed by atoms with Crippen LogP contribution < -0.4 is 4.72 Å². The van der Waals surface area contributed by atoms with Gasteiger partial charge in [0, 0.05) is 5.75 Å². The summed E-state index contributed by atoms with van der Waals surface area (Å²) in [6.07, 6.45) is 0.556. The molecule has 0 aliphatic carbocycles. The minimum Gasteiger partial charge on any atom is -0.297 e. The van der Waals surface area contributed by atoms with Crippen LogP contribution in [0.3, 0.4) is 0 Å². The summed E-state index contributed by atoms with van der Waals surface area (Å²) in [6, 6.07) is 14.2. The lowest BCUT2D eigenvalue weighted by atomic mass is 10.2. The molecule has 0 saturated heterocycles. The third-order valence-corrected chi connectivity index (χ3v) is 7.11. The van der Waals surface area contributed by atoms with Crippen LogP contribution in [0.2, 0.25) is 0 Å². The van der Waals surface area contributed by atoms with Gasteiger partial charge in [0.15, 0.2) is 11.0 Å².